The Labute approximate surface area is 73.7 Å². The van der Waals surface area contributed by atoms with Crippen molar-refractivity contribution in [3.63, 3.8) is 0 Å². The molecule has 0 bridgehead atoms. The lowest BCUT2D eigenvalue weighted by atomic mass is 10.2. The summed E-state index contributed by atoms with van der Waals surface area (Å²) in [5.74, 6) is 1.64. The van der Waals surface area contributed by atoms with Crippen LogP contribution >= 0.6 is 0 Å². The van der Waals surface area contributed by atoms with Gasteiger partial charge >= 0.3 is 0 Å². The summed E-state index contributed by atoms with van der Waals surface area (Å²) in [5.41, 5.74) is 0.418. The topological polar surface area (TPSA) is 46.5 Å². The quantitative estimate of drug-likeness (QED) is 0.418. The van der Waals surface area contributed by atoms with E-state index in [2.05, 4.69) is 4.99 Å². The minimum Gasteiger partial charge on any atom is -0.298 e. The first-order valence-corrected chi connectivity index (χ1v) is 3.75. The van der Waals surface area contributed by atoms with E-state index < -0.39 is 0 Å². The van der Waals surface area contributed by atoms with Gasteiger partial charge in [0.1, 0.15) is 0 Å². The van der Waals surface area contributed by atoms with Crippen LogP contribution < -0.4 is 10.6 Å². The normalized spacial score (nSPS) is 13.2. The Morgan fingerprint density at radius 2 is 2.08 bits per heavy atom. The highest BCUT2D eigenvalue weighted by molar-refractivity contribution is 6.09. The second-order valence-electron chi connectivity index (χ2n) is 2.61. The number of hydrogen-bond donors (Lipinski definition) is 0. The lowest BCUT2D eigenvalue weighted by Crippen LogP contribution is -2.22. The number of rotatable bonds is 1. The highest BCUT2D eigenvalue weighted by atomic mass is 16.1. The van der Waals surface area contributed by atoms with Crippen molar-refractivity contribution in [2.75, 3.05) is 0 Å². The lowest BCUT2D eigenvalue weighted by molar-refractivity contribution is -0.103. The molecule has 2 rings (SSSR count). The minimum absolute atomic E-state index is 0.0937. The van der Waals surface area contributed by atoms with Gasteiger partial charge < -0.3 is 0 Å². The van der Waals surface area contributed by atoms with Crippen molar-refractivity contribution in [2.24, 2.45) is 4.99 Å². The number of allylic oxidation sites excluding steroid dienone is 1. The van der Waals surface area contributed by atoms with Crippen molar-refractivity contribution in [3.8, 4) is 0 Å². The third-order valence-electron chi connectivity index (χ3n) is 1.90. The standard InChI is InChI=1S/C10H5NO2/c12-5-8-7-3-1-2-4-9(7)11-10(8)6-13/h1-5H. The maximum atomic E-state index is 10.6. The minimum atomic E-state index is 0.0937. The maximum absolute atomic E-state index is 10.6. The molecule has 0 aromatic heterocycles. The van der Waals surface area contributed by atoms with E-state index in [4.69, 9.17) is 0 Å². The highest BCUT2D eigenvalue weighted by Crippen LogP contribution is 2.06. The first kappa shape index (κ1) is 7.65. The fraction of sp³-hybridized carbons (Fsp3) is 0. The molecule has 1 aliphatic heterocycles. The number of hydrogen-bond acceptors (Lipinski definition) is 3. The lowest BCUT2D eigenvalue weighted by Gasteiger charge is -1.84. The van der Waals surface area contributed by atoms with E-state index >= 15 is 0 Å². The van der Waals surface area contributed by atoms with Gasteiger partial charge in [-0.3, -0.25) is 4.79 Å². The molecule has 1 aromatic rings. The predicted molar refractivity (Wildman–Crippen MR) is 45.9 cm³/mol. The number of carbonyl (C=O) groups is 1. The number of carbonyl (C=O) groups excluding carboxylic acids is 2. The molecule has 0 spiro atoms. The van der Waals surface area contributed by atoms with Crippen molar-refractivity contribution in [2.45, 2.75) is 0 Å². The van der Waals surface area contributed by atoms with Crippen molar-refractivity contribution in [1.82, 2.24) is 0 Å². The van der Waals surface area contributed by atoms with Gasteiger partial charge in [-0.1, -0.05) is 18.2 Å². The Balaban J connectivity index is 2.99. The molecule has 62 valence electrons. The Hall–Kier alpha value is -1.99. The van der Waals surface area contributed by atoms with Crippen molar-refractivity contribution >= 4 is 17.8 Å². The third-order valence-corrected chi connectivity index (χ3v) is 1.90. The van der Waals surface area contributed by atoms with E-state index in [1.807, 2.05) is 0 Å². The van der Waals surface area contributed by atoms with Gasteiger partial charge in [-0.05, 0) is 6.07 Å². The summed E-state index contributed by atoms with van der Waals surface area (Å²) in [7, 11) is 0. The van der Waals surface area contributed by atoms with Crippen LogP contribution in [0.4, 0.5) is 0 Å². The number of para-hydroxylation sites is 1. The van der Waals surface area contributed by atoms with Gasteiger partial charge in [0.15, 0.2) is 17.9 Å². The van der Waals surface area contributed by atoms with Crippen molar-refractivity contribution < 1.29 is 9.59 Å². The number of fused-ring (bicyclic) bond motifs is 1. The van der Waals surface area contributed by atoms with E-state index in [1.165, 1.54) is 0 Å². The van der Waals surface area contributed by atoms with Gasteiger partial charge in [0.25, 0.3) is 0 Å². The van der Waals surface area contributed by atoms with Crippen LogP contribution in [0.3, 0.4) is 0 Å². The van der Waals surface area contributed by atoms with Crippen molar-refractivity contribution in [1.29, 1.82) is 0 Å². The Morgan fingerprint density at radius 1 is 1.31 bits per heavy atom. The summed E-state index contributed by atoms with van der Waals surface area (Å²) in [6.45, 7) is 0. The molecule has 0 aliphatic carbocycles. The van der Waals surface area contributed by atoms with Crippen molar-refractivity contribution in [3.05, 3.63) is 40.5 Å². The first-order chi connectivity index (χ1) is 6.36. The second kappa shape index (κ2) is 2.81. The van der Waals surface area contributed by atoms with Crippen LogP contribution in [-0.4, -0.2) is 12.2 Å². The zero-order valence-electron chi connectivity index (χ0n) is 6.65. The third kappa shape index (κ3) is 1.03. The van der Waals surface area contributed by atoms with E-state index in [-0.39, 0.29) is 5.70 Å². The van der Waals surface area contributed by atoms with Gasteiger partial charge in [-0.2, -0.15) is 0 Å². The molecule has 1 heterocycles. The molecule has 0 saturated heterocycles. The van der Waals surface area contributed by atoms with Crippen LogP contribution in [0.25, 0.3) is 5.57 Å². The molecule has 0 N–H and O–H groups in total. The smallest absolute Gasteiger partial charge is 0.158 e. The van der Waals surface area contributed by atoms with Crippen LogP contribution in [-0.2, 0) is 9.59 Å². The molecule has 0 amide bonds. The molecule has 1 aromatic carbocycles. The predicted octanol–water partition coefficient (Wildman–Crippen LogP) is -0.615. The van der Waals surface area contributed by atoms with Crippen LogP contribution in [0.2, 0.25) is 0 Å². The Kier molecular flexibility index (Phi) is 1.65. The van der Waals surface area contributed by atoms with Crippen LogP contribution in [0, 0.1) is 0 Å². The summed E-state index contributed by atoms with van der Waals surface area (Å²) in [5, 5.41) is 1.36. The number of nitrogens with zero attached hydrogens (tertiary/aromatic N) is 1. The van der Waals surface area contributed by atoms with Crippen LogP contribution in [0.1, 0.15) is 0 Å². The Bertz CT molecular complexity index is 536. The van der Waals surface area contributed by atoms with Crippen LogP contribution in [0.5, 0.6) is 0 Å². The number of aldehydes is 1. The van der Waals surface area contributed by atoms with E-state index in [9.17, 15) is 9.59 Å². The average Bonchev–Trinajstić information content (AvgIpc) is 2.55. The maximum Gasteiger partial charge on any atom is 0.158 e. The molecular formula is C10H5NO2. The van der Waals surface area contributed by atoms with Gasteiger partial charge in [0, 0.05) is 5.22 Å². The molecule has 0 fully saturated rings. The van der Waals surface area contributed by atoms with Gasteiger partial charge in [-0.25, -0.2) is 9.79 Å². The Morgan fingerprint density at radius 3 is 2.77 bits per heavy atom. The van der Waals surface area contributed by atoms with Gasteiger partial charge in [0.2, 0.25) is 0 Å². The number of benzene rings is 1. The molecule has 13 heavy (non-hydrogen) atoms. The zero-order chi connectivity index (χ0) is 9.26. The largest absolute Gasteiger partial charge is 0.298 e. The van der Waals surface area contributed by atoms with E-state index in [1.54, 1.807) is 30.2 Å². The zero-order valence-corrected chi connectivity index (χ0v) is 6.65. The summed E-state index contributed by atoms with van der Waals surface area (Å²) in [6, 6.07) is 7.11. The molecule has 3 heteroatoms. The van der Waals surface area contributed by atoms with Gasteiger partial charge in [0.05, 0.1) is 10.9 Å². The fourth-order valence-corrected chi connectivity index (χ4v) is 1.30. The molecule has 1 aliphatic rings. The van der Waals surface area contributed by atoms with Gasteiger partial charge in [-0.15, -0.1) is 0 Å². The summed E-state index contributed by atoms with van der Waals surface area (Å²) in [4.78, 5) is 25.0. The molecule has 0 radical (unpaired) electrons. The monoisotopic (exact) mass is 171 g/mol. The van der Waals surface area contributed by atoms with E-state index in [0.29, 0.717) is 22.4 Å². The second-order valence-corrected chi connectivity index (χ2v) is 2.61. The highest BCUT2D eigenvalue weighted by Gasteiger charge is 2.11. The molecule has 0 unspecified atom stereocenters. The van der Waals surface area contributed by atoms with Crippen LogP contribution in [0.15, 0.2) is 35.0 Å². The average molecular weight is 171 g/mol. The first-order valence-electron chi connectivity index (χ1n) is 3.75. The fourth-order valence-electron chi connectivity index (χ4n) is 1.30. The molecular weight excluding hydrogens is 166 g/mol. The summed E-state index contributed by atoms with van der Waals surface area (Å²) >= 11 is 0. The molecule has 0 saturated carbocycles. The summed E-state index contributed by atoms with van der Waals surface area (Å²) < 4.78 is 0. The molecule has 3 nitrogen and oxygen atoms in total. The molecule has 0 atom stereocenters. The summed E-state index contributed by atoms with van der Waals surface area (Å²) in [6.07, 6.45) is 0.634. The SMILES string of the molecule is O=C=C1N=c2ccccc2=C1C=O. The van der Waals surface area contributed by atoms with E-state index in [0.717, 1.165) is 0 Å².